The predicted molar refractivity (Wildman–Crippen MR) is 77.4 cm³/mol. The van der Waals surface area contributed by atoms with Gasteiger partial charge in [-0.25, -0.2) is 0 Å². The summed E-state index contributed by atoms with van der Waals surface area (Å²) in [5, 5.41) is 2.94. The van der Waals surface area contributed by atoms with Crippen molar-refractivity contribution in [2.24, 2.45) is 5.73 Å². The van der Waals surface area contributed by atoms with Crippen molar-refractivity contribution >= 4 is 23.6 Å². The fourth-order valence-corrected chi connectivity index (χ4v) is 3.40. The maximum Gasteiger partial charge on any atom is 0.251 e. The van der Waals surface area contributed by atoms with Crippen LogP contribution >= 0.6 is 11.8 Å². The Kier molecular flexibility index (Phi) is 4.14. The molecule has 2 rings (SSSR count). The van der Waals surface area contributed by atoms with Crippen molar-refractivity contribution < 1.29 is 9.59 Å². The quantitative estimate of drug-likeness (QED) is 0.882. The Hall–Kier alpha value is -1.49. The third-order valence-electron chi connectivity index (χ3n) is 3.33. The standard InChI is InChI=1S/C14H18N2O2S/c1-14(6-3-7-19-14)9-16-13(18)11-5-2-4-10(8-11)12(15)17/h2,4-5,8H,3,6-7,9H2,1H3,(H2,15,17)(H,16,18). The lowest BCUT2D eigenvalue weighted by Crippen LogP contribution is -2.36. The summed E-state index contributed by atoms with van der Waals surface area (Å²) >= 11 is 1.90. The van der Waals surface area contributed by atoms with E-state index in [1.807, 2.05) is 11.8 Å². The molecule has 1 heterocycles. The molecule has 0 aromatic heterocycles. The zero-order valence-electron chi connectivity index (χ0n) is 10.9. The van der Waals surface area contributed by atoms with E-state index in [-0.39, 0.29) is 10.7 Å². The Morgan fingerprint density at radius 1 is 1.42 bits per heavy atom. The van der Waals surface area contributed by atoms with Gasteiger partial charge in [0.15, 0.2) is 0 Å². The van der Waals surface area contributed by atoms with E-state index in [0.29, 0.717) is 17.7 Å². The largest absolute Gasteiger partial charge is 0.366 e. The Bertz CT molecular complexity index is 496. The van der Waals surface area contributed by atoms with Gasteiger partial charge in [0.05, 0.1) is 0 Å². The number of nitrogens with two attached hydrogens (primary N) is 1. The lowest BCUT2D eigenvalue weighted by molar-refractivity contribution is 0.0950. The number of benzene rings is 1. The Balaban J connectivity index is 1.99. The first-order valence-corrected chi connectivity index (χ1v) is 7.31. The molecule has 1 saturated heterocycles. The van der Waals surface area contributed by atoms with E-state index in [1.165, 1.54) is 12.5 Å². The van der Waals surface area contributed by atoms with Crippen LogP contribution in [0.5, 0.6) is 0 Å². The van der Waals surface area contributed by atoms with Crippen LogP contribution in [0.2, 0.25) is 0 Å². The first-order valence-electron chi connectivity index (χ1n) is 6.32. The van der Waals surface area contributed by atoms with Gasteiger partial charge < -0.3 is 11.1 Å². The van der Waals surface area contributed by atoms with Crippen molar-refractivity contribution in [2.75, 3.05) is 12.3 Å². The zero-order valence-corrected chi connectivity index (χ0v) is 11.8. The van der Waals surface area contributed by atoms with E-state index in [9.17, 15) is 9.59 Å². The molecule has 1 aliphatic heterocycles. The lowest BCUT2D eigenvalue weighted by Gasteiger charge is -2.22. The van der Waals surface area contributed by atoms with Crippen LogP contribution < -0.4 is 11.1 Å². The van der Waals surface area contributed by atoms with Crippen molar-refractivity contribution in [3.05, 3.63) is 35.4 Å². The SMILES string of the molecule is CC1(CNC(=O)c2cccc(C(N)=O)c2)CCCS1. The van der Waals surface area contributed by atoms with E-state index in [4.69, 9.17) is 5.73 Å². The molecule has 1 aliphatic rings. The second-order valence-electron chi connectivity index (χ2n) is 5.03. The summed E-state index contributed by atoms with van der Waals surface area (Å²) in [5.41, 5.74) is 6.03. The molecule has 1 fully saturated rings. The minimum Gasteiger partial charge on any atom is -0.366 e. The van der Waals surface area contributed by atoms with Gasteiger partial charge in [0.25, 0.3) is 5.91 Å². The van der Waals surface area contributed by atoms with Gasteiger partial charge in [-0.2, -0.15) is 11.8 Å². The molecule has 0 saturated carbocycles. The van der Waals surface area contributed by atoms with Crippen LogP contribution in [-0.2, 0) is 0 Å². The lowest BCUT2D eigenvalue weighted by atomic mass is 10.1. The maximum absolute atomic E-state index is 12.0. The van der Waals surface area contributed by atoms with Crippen LogP contribution in [0.1, 0.15) is 40.5 Å². The molecule has 3 N–H and O–H groups in total. The number of carbonyl (C=O) groups excluding carboxylic acids is 2. The molecule has 0 spiro atoms. The molecule has 1 aromatic carbocycles. The average molecular weight is 278 g/mol. The third-order valence-corrected chi connectivity index (χ3v) is 4.87. The van der Waals surface area contributed by atoms with E-state index < -0.39 is 5.91 Å². The summed E-state index contributed by atoms with van der Waals surface area (Å²) in [5.74, 6) is 0.480. The van der Waals surface area contributed by atoms with Crippen LogP contribution in [0, 0.1) is 0 Å². The molecule has 0 radical (unpaired) electrons. The summed E-state index contributed by atoms with van der Waals surface area (Å²) in [7, 11) is 0. The first-order chi connectivity index (χ1) is 9.00. The van der Waals surface area contributed by atoms with Gasteiger partial charge in [0.1, 0.15) is 0 Å². The molecule has 2 amide bonds. The van der Waals surface area contributed by atoms with E-state index in [0.717, 1.165) is 12.2 Å². The smallest absolute Gasteiger partial charge is 0.251 e. The van der Waals surface area contributed by atoms with E-state index in [2.05, 4.69) is 12.2 Å². The highest BCUT2D eigenvalue weighted by molar-refractivity contribution is 8.00. The fraction of sp³-hybridized carbons (Fsp3) is 0.429. The van der Waals surface area contributed by atoms with Crippen molar-refractivity contribution in [1.82, 2.24) is 5.32 Å². The minimum absolute atomic E-state index is 0.136. The van der Waals surface area contributed by atoms with Gasteiger partial charge in [-0.15, -0.1) is 0 Å². The highest BCUT2D eigenvalue weighted by Gasteiger charge is 2.29. The Morgan fingerprint density at radius 3 is 2.79 bits per heavy atom. The molecule has 5 heteroatoms. The zero-order chi connectivity index (χ0) is 13.9. The molecule has 0 bridgehead atoms. The summed E-state index contributed by atoms with van der Waals surface area (Å²) in [6.45, 7) is 2.82. The normalized spacial score (nSPS) is 22.2. The molecule has 1 aromatic rings. The van der Waals surface area contributed by atoms with Gasteiger partial charge in [-0.1, -0.05) is 6.07 Å². The van der Waals surface area contributed by atoms with Gasteiger partial charge in [0.2, 0.25) is 5.91 Å². The molecule has 4 nitrogen and oxygen atoms in total. The molecular formula is C14H18N2O2S. The molecule has 19 heavy (non-hydrogen) atoms. The third kappa shape index (κ3) is 3.50. The van der Waals surface area contributed by atoms with Gasteiger partial charge in [0, 0.05) is 22.4 Å². The number of nitrogens with one attached hydrogen (secondary N) is 1. The van der Waals surface area contributed by atoms with Gasteiger partial charge in [-0.05, 0) is 43.7 Å². The number of carbonyl (C=O) groups is 2. The molecule has 102 valence electrons. The van der Waals surface area contributed by atoms with Crippen molar-refractivity contribution in [1.29, 1.82) is 0 Å². The number of primary amides is 1. The topological polar surface area (TPSA) is 72.2 Å². The van der Waals surface area contributed by atoms with E-state index >= 15 is 0 Å². The Labute approximate surface area is 117 Å². The molecule has 1 unspecified atom stereocenters. The van der Waals surface area contributed by atoms with Crippen LogP contribution in [-0.4, -0.2) is 28.9 Å². The second kappa shape index (κ2) is 5.65. The van der Waals surface area contributed by atoms with Crippen LogP contribution in [0.4, 0.5) is 0 Å². The summed E-state index contributed by atoms with van der Waals surface area (Å²) in [6, 6.07) is 6.49. The van der Waals surface area contributed by atoms with Crippen molar-refractivity contribution in [3.8, 4) is 0 Å². The number of hydrogen-bond donors (Lipinski definition) is 2. The first kappa shape index (κ1) is 13.9. The highest BCUT2D eigenvalue weighted by atomic mass is 32.2. The Morgan fingerprint density at radius 2 is 2.16 bits per heavy atom. The molecule has 0 aliphatic carbocycles. The molecule has 1 atom stereocenters. The average Bonchev–Trinajstić information content (AvgIpc) is 2.83. The van der Waals surface area contributed by atoms with Crippen molar-refractivity contribution in [2.45, 2.75) is 24.5 Å². The predicted octanol–water partition coefficient (Wildman–Crippen LogP) is 1.80. The maximum atomic E-state index is 12.0. The second-order valence-corrected chi connectivity index (χ2v) is 6.71. The number of rotatable bonds is 4. The number of amides is 2. The van der Waals surface area contributed by atoms with Gasteiger partial charge in [-0.3, -0.25) is 9.59 Å². The number of hydrogen-bond acceptors (Lipinski definition) is 3. The minimum atomic E-state index is -0.520. The van der Waals surface area contributed by atoms with Crippen LogP contribution in [0.3, 0.4) is 0 Å². The van der Waals surface area contributed by atoms with Crippen molar-refractivity contribution in [3.63, 3.8) is 0 Å². The van der Waals surface area contributed by atoms with Crippen LogP contribution in [0.15, 0.2) is 24.3 Å². The summed E-state index contributed by atoms with van der Waals surface area (Å²) in [4.78, 5) is 23.1. The van der Waals surface area contributed by atoms with Gasteiger partial charge >= 0.3 is 0 Å². The summed E-state index contributed by atoms with van der Waals surface area (Å²) < 4.78 is 0.136. The van der Waals surface area contributed by atoms with Crippen LogP contribution in [0.25, 0.3) is 0 Å². The number of thioether (sulfide) groups is 1. The van der Waals surface area contributed by atoms with E-state index in [1.54, 1.807) is 18.2 Å². The molecular weight excluding hydrogens is 260 g/mol. The highest BCUT2D eigenvalue weighted by Crippen LogP contribution is 2.36. The fourth-order valence-electron chi connectivity index (χ4n) is 2.16. The monoisotopic (exact) mass is 278 g/mol. The summed E-state index contributed by atoms with van der Waals surface area (Å²) in [6.07, 6.45) is 2.33.